The van der Waals surface area contributed by atoms with Crippen LogP contribution in [-0.4, -0.2) is 44.7 Å². The van der Waals surface area contributed by atoms with E-state index in [2.05, 4.69) is 24.2 Å². The first-order chi connectivity index (χ1) is 8.22. The molecular weight excluding hydrogens is 236 g/mol. The van der Waals surface area contributed by atoms with Gasteiger partial charge in [0, 0.05) is 24.7 Å². The Bertz CT molecular complexity index is 303. The van der Waals surface area contributed by atoms with Gasteiger partial charge < -0.3 is 15.0 Å². The summed E-state index contributed by atoms with van der Waals surface area (Å²) in [4.78, 5) is 2.27. The molecule has 0 aliphatic carbocycles. The monoisotopic (exact) mass is 256 g/mol. The van der Waals surface area contributed by atoms with E-state index in [1.54, 1.807) is 0 Å². The molecule has 0 amide bonds. The van der Waals surface area contributed by atoms with Gasteiger partial charge in [0.2, 0.25) is 0 Å². The summed E-state index contributed by atoms with van der Waals surface area (Å²) in [6.07, 6.45) is 0. The van der Waals surface area contributed by atoms with E-state index in [0.717, 1.165) is 37.0 Å². The van der Waals surface area contributed by atoms with Gasteiger partial charge in [0.25, 0.3) is 0 Å². The van der Waals surface area contributed by atoms with Crippen molar-refractivity contribution in [2.24, 2.45) is 0 Å². The van der Waals surface area contributed by atoms with Gasteiger partial charge in [-0.2, -0.15) is 0 Å². The van der Waals surface area contributed by atoms with Crippen LogP contribution in [0, 0.1) is 0 Å². The summed E-state index contributed by atoms with van der Waals surface area (Å²) in [6.45, 7) is 6.84. The van der Waals surface area contributed by atoms with Crippen LogP contribution in [0.25, 0.3) is 0 Å². The smallest absolute Gasteiger partial charge is 0.119 e. The van der Waals surface area contributed by atoms with Crippen molar-refractivity contribution >= 4 is 11.6 Å². The number of halogens is 1. The topological polar surface area (TPSA) is 24.5 Å². The summed E-state index contributed by atoms with van der Waals surface area (Å²) in [5, 5.41) is 4.07. The first kappa shape index (κ1) is 14.3. The standard InChI is InChI=1S/C13H21ClN2O/c1-3-16(2)10-8-15-9-11-17-13-6-4-12(14)5-7-13/h4-7,15H,3,8-11H2,1-2H3. The Kier molecular flexibility index (Phi) is 7.01. The average molecular weight is 257 g/mol. The lowest BCUT2D eigenvalue weighted by Crippen LogP contribution is -2.31. The Morgan fingerprint density at radius 1 is 1.24 bits per heavy atom. The lowest BCUT2D eigenvalue weighted by molar-refractivity contribution is 0.302. The Morgan fingerprint density at radius 3 is 2.59 bits per heavy atom. The zero-order valence-electron chi connectivity index (χ0n) is 10.6. The van der Waals surface area contributed by atoms with E-state index in [1.807, 2.05) is 24.3 Å². The molecule has 0 aromatic heterocycles. The minimum atomic E-state index is 0.678. The van der Waals surface area contributed by atoms with E-state index in [4.69, 9.17) is 16.3 Å². The van der Waals surface area contributed by atoms with Gasteiger partial charge in [-0.05, 0) is 37.9 Å². The van der Waals surface area contributed by atoms with Crippen molar-refractivity contribution in [3.05, 3.63) is 29.3 Å². The fraction of sp³-hybridized carbons (Fsp3) is 0.538. The van der Waals surface area contributed by atoms with E-state index in [0.29, 0.717) is 6.61 Å². The third kappa shape index (κ3) is 6.51. The number of hydrogen-bond donors (Lipinski definition) is 1. The van der Waals surface area contributed by atoms with E-state index in [-0.39, 0.29) is 0 Å². The molecule has 0 fully saturated rings. The number of hydrogen-bond acceptors (Lipinski definition) is 3. The number of nitrogens with zero attached hydrogens (tertiary/aromatic N) is 1. The molecule has 0 heterocycles. The Labute approximate surface area is 109 Å². The lowest BCUT2D eigenvalue weighted by Gasteiger charge is -2.14. The largest absolute Gasteiger partial charge is 0.492 e. The molecule has 0 saturated carbocycles. The van der Waals surface area contributed by atoms with Crippen LogP contribution in [0.3, 0.4) is 0 Å². The molecular formula is C13H21ClN2O. The first-order valence-corrected chi connectivity index (χ1v) is 6.37. The highest BCUT2D eigenvalue weighted by atomic mass is 35.5. The zero-order chi connectivity index (χ0) is 12.5. The van der Waals surface area contributed by atoms with Gasteiger partial charge >= 0.3 is 0 Å². The van der Waals surface area contributed by atoms with Crippen molar-refractivity contribution in [3.63, 3.8) is 0 Å². The van der Waals surface area contributed by atoms with Crippen molar-refractivity contribution in [2.45, 2.75) is 6.92 Å². The second-order valence-corrected chi connectivity index (χ2v) is 4.38. The van der Waals surface area contributed by atoms with Crippen LogP contribution in [0.1, 0.15) is 6.92 Å². The summed E-state index contributed by atoms with van der Waals surface area (Å²) in [5.74, 6) is 0.863. The number of benzene rings is 1. The van der Waals surface area contributed by atoms with E-state index < -0.39 is 0 Å². The molecule has 1 aromatic carbocycles. The summed E-state index contributed by atoms with van der Waals surface area (Å²) in [7, 11) is 2.12. The Balaban J connectivity index is 2.02. The molecule has 3 nitrogen and oxygen atoms in total. The fourth-order valence-electron chi connectivity index (χ4n) is 1.32. The van der Waals surface area contributed by atoms with Crippen LogP contribution in [0.15, 0.2) is 24.3 Å². The third-order valence-electron chi connectivity index (χ3n) is 2.57. The zero-order valence-corrected chi connectivity index (χ0v) is 11.3. The number of rotatable bonds is 8. The third-order valence-corrected chi connectivity index (χ3v) is 2.82. The molecule has 0 spiro atoms. The lowest BCUT2D eigenvalue weighted by atomic mass is 10.3. The molecule has 0 unspecified atom stereocenters. The molecule has 0 atom stereocenters. The second kappa shape index (κ2) is 8.34. The summed E-state index contributed by atoms with van der Waals surface area (Å²) < 4.78 is 5.56. The number of nitrogens with one attached hydrogen (secondary N) is 1. The first-order valence-electron chi connectivity index (χ1n) is 6.00. The summed E-state index contributed by atoms with van der Waals surface area (Å²) in [6, 6.07) is 7.43. The maximum absolute atomic E-state index is 5.79. The SMILES string of the molecule is CCN(C)CCNCCOc1ccc(Cl)cc1. The average Bonchev–Trinajstić information content (AvgIpc) is 2.35. The van der Waals surface area contributed by atoms with Gasteiger partial charge in [0.15, 0.2) is 0 Å². The molecule has 1 aromatic rings. The van der Waals surface area contributed by atoms with Crippen molar-refractivity contribution in [1.82, 2.24) is 10.2 Å². The second-order valence-electron chi connectivity index (χ2n) is 3.95. The fourth-order valence-corrected chi connectivity index (χ4v) is 1.45. The van der Waals surface area contributed by atoms with Gasteiger partial charge in [-0.1, -0.05) is 18.5 Å². The van der Waals surface area contributed by atoms with Crippen molar-refractivity contribution < 1.29 is 4.74 Å². The van der Waals surface area contributed by atoms with Gasteiger partial charge in [-0.3, -0.25) is 0 Å². The van der Waals surface area contributed by atoms with Crippen LogP contribution in [0.2, 0.25) is 5.02 Å². The highest BCUT2D eigenvalue weighted by Gasteiger charge is 1.95. The van der Waals surface area contributed by atoms with Gasteiger partial charge in [0.05, 0.1) is 0 Å². The number of ether oxygens (including phenoxy) is 1. The molecule has 0 aliphatic heterocycles. The molecule has 0 saturated heterocycles. The minimum absolute atomic E-state index is 0.678. The maximum Gasteiger partial charge on any atom is 0.119 e. The van der Waals surface area contributed by atoms with E-state index in [9.17, 15) is 0 Å². The van der Waals surface area contributed by atoms with Crippen LogP contribution in [0.5, 0.6) is 5.75 Å². The van der Waals surface area contributed by atoms with E-state index >= 15 is 0 Å². The predicted molar refractivity (Wildman–Crippen MR) is 73.0 cm³/mol. The van der Waals surface area contributed by atoms with Gasteiger partial charge in [-0.25, -0.2) is 0 Å². The molecule has 17 heavy (non-hydrogen) atoms. The van der Waals surface area contributed by atoms with Gasteiger partial charge in [0.1, 0.15) is 12.4 Å². The molecule has 0 bridgehead atoms. The maximum atomic E-state index is 5.79. The van der Waals surface area contributed by atoms with Crippen LogP contribution in [-0.2, 0) is 0 Å². The molecule has 0 aliphatic rings. The Morgan fingerprint density at radius 2 is 1.94 bits per heavy atom. The van der Waals surface area contributed by atoms with Crippen LogP contribution in [0.4, 0.5) is 0 Å². The van der Waals surface area contributed by atoms with Crippen molar-refractivity contribution in [1.29, 1.82) is 0 Å². The quantitative estimate of drug-likeness (QED) is 0.722. The van der Waals surface area contributed by atoms with Crippen molar-refractivity contribution in [3.8, 4) is 5.75 Å². The number of likely N-dealkylation sites (N-methyl/N-ethyl adjacent to an activating group) is 1. The molecule has 0 radical (unpaired) electrons. The molecule has 1 N–H and O–H groups in total. The molecule has 1 rings (SSSR count). The highest BCUT2D eigenvalue weighted by Crippen LogP contribution is 2.14. The molecule has 4 heteroatoms. The van der Waals surface area contributed by atoms with Crippen LogP contribution < -0.4 is 10.1 Å². The van der Waals surface area contributed by atoms with Crippen LogP contribution >= 0.6 is 11.6 Å². The summed E-state index contributed by atoms with van der Waals surface area (Å²) >= 11 is 5.79. The van der Waals surface area contributed by atoms with E-state index in [1.165, 1.54) is 0 Å². The van der Waals surface area contributed by atoms with Crippen molar-refractivity contribution in [2.75, 3.05) is 39.8 Å². The predicted octanol–water partition coefficient (Wildman–Crippen LogP) is 2.26. The minimum Gasteiger partial charge on any atom is -0.492 e. The summed E-state index contributed by atoms with van der Waals surface area (Å²) in [5.41, 5.74) is 0. The van der Waals surface area contributed by atoms with Gasteiger partial charge in [-0.15, -0.1) is 0 Å². The molecule has 96 valence electrons. The normalized spacial score (nSPS) is 10.8. The Hall–Kier alpha value is -0.770. The highest BCUT2D eigenvalue weighted by molar-refractivity contribution is 6.30.